The Balaban J connectivity index is 2.02. The van der Waals surface area contributed by atoms with Gasteiger partial charge in [0.25, 0.3) is 0 Å². The zero-order valence-corrected chi connectivity index (χ0v) is 16.2. The Kier molecular flexibility index (Phi) is 6.10. The van der Waals surface area contributed by atoms with Gasteiger partial charge in [0.1, 0.15) is 17.3 Å². The molecule has 1 atom stereocenters. The second kappa shape index (κ2) is 8.57. The van der Waals surface area contributed by atoms with Crippen LogP contribution in [-0.2, 0) is 6.18 Å². The Morgan fingerprint density at radius 1 is 0.967 bits per heavy atom. The van der Waals surface area contributed by atoms with Crippen LogP contribution in [0.5, 0.6) is 11.5 Å². The van der Waals surface area contributed by atoms with E-state index in [0.717, 1.165) is 5.56 Å². The van der Waals surface area contributed by atoms with E-state index in [-0.39, 0.29) is 11.7 Å². The third-order valence-corrected chi connectivity index (χ3v) is 4.69. The molecule has 30 heavy (non-hydrogen) atoms. The molecule has 0 bridgehead atoms. The number of methoxy groups -OCH3 is 1. The summed E-state index contributed by atoms with van der Waals surface area (Å²) >= 11 is 0. The van der Waals surface area contributed by atoms with Crippen LogP contribution in [0.4, 0.5) is 17.6 Å². The minimum Gasteiger partial charge on any atom is -0.497 e. The first kappa shape index (κ1) is 21.4. The lowest BCUT2D eigenvalue weighted by molar-refractivity contribution is -0.138. The summed E-state index contributed by atoms with van der Waals surface area (Å²) in [6, 6.07) is 15.6. The Labute approximate surface area is 170 Å². The Morgan fingerprint density at radius 3 is 2.30 bits per heavy atom. The van der Waals surface area contributed by atoms with E-state index in [1.165, 1.54) is 19.2 Å². The summed E-state index contributed by atoms with van der Waals surface area (Å²) in [5.74, 6) is -1.96. The molecule has 0 N–H and O–H groups in total. The van der Waals surface area contributed by atoms with Gasteiger partial charge in [0, 0.05) is 11.5 Å². The van der Waals surface area contributed by atoms with Crippen molar-refractivity contribution in [3.8, 4) is 11.5 Å². The molecule has 0 fully saturated rings. The van der Waals surface area contributed by atoms with Crippen molar-refractivity contribution < 1.29 is 31.8 Å². The van der Waals surface area contributed by atoms with Crippen LogP contribution in [0.15, 0.2) is 66.7 Å². The second-order valence-corrected chi connectivity index (χ2v) is 6.61. The summed E-state index contributed by atoms with van der Waals surface area (Å²) in [6.07, 6.45) is -4.83. The van der Waals surface area contributed by atoms with Gasteiger partial charge in [0.2, 0.25) is 0 Å². The molecule has 156 valence electrons. The minimum absolute atomic E-state index is 0.0644. The maximum Gasteiger partial charge on any atom is 0.417 e. The van der Waals surface area contributed by atoms with Gasteiger partial charge >= 0.3 is 12.1 Å². The lowest BCUT2D eigenvalue weighted by Gasteiger charge is -2.19. The van der Waals surface area contributed by atoms with Gasteiger partial charge in [-0.25, -0.2) is 9.18 Å². The molecule has 0 aromatic heterocycles. The number of esters is 1. The average molecular weight is 418 g/mol. The molecule has 3 aromatic rings. The molecule has 0 heterocycles. The molecule has 0 aliphatic carbocycles. The molecule has 0 spiro atoms. The highest BCUT2D eigenvalue weighted by molar-refractivity contribution is 5.93. The monoisotopic (exact) mass is 418 g/mol. The predicted octanol–water partition coefficient (Wildman–Crippen LogP) is 6.22. The number of benzene rings is 3. The third-order valence-electron chi connectivity index (χ3n) is 4.69. The van der Waals surface area contributed by atoms with Crippen molar-refractivity contribution >= 4 is 5.97 Å². The molecule has 0 aliphatic rings. The number of carbonyl (C=O) groups is 1. The number of halogens is 4. The zero-order valence-electron chi connectivity index (χ0n) is 16.2. The summed E-state index contributed by atoms with van der Waals surface area (Å²) < 4.78 is 63.9. The van der Waals surface area contributed by atoms with Crippen molar-refractivity contribution in [2.24, 2.45) is 0 Å². The van der Waals surface area contributed by atoms with Gasteiger partial charge in [-0.15, -0.1) is 0 Å². The summed E-state index contributed by atoms with van der Waals surface area (Å²) in [7, 11) is 1.47. The summed E-state index contributed by atoms with van der Waals surface area (Å²) in [4.78, 5) is 12.6. The topological polar surface area (TPSA) is 35.5 Å². The van der Waals surface area contributed by atoms with Gasteiger partial charge < -0.3 is 9.47 Å². The van der Waals surface area contributed by atoms with E-state index in [4.69, 9.17) is 9.47 Å². The molecule has 3 aromatic carbocycles. The SMILES string of the molecule is COc1ccc(OC(=O)c2cc(F)ccc2C(F)(F)F)c(C(C)c2ccccc2)c1. The van der Waals surface area contributed by atoms with Crippen molar-refractivity contribution in [1.29, 1.82) is 0 Å². The normalized spacial score (nSPS) is 12.3. The summed E-state index contributed by atoms with van der Waals surface area (Å²) in [5, 5.41) is 0. The second-order valence-electron chi connectivity index (χ2n) is 6.61. The fourth-order valence-corrected chi connectivity index (χ4v) is 3.09. The van der Waals surface area contributed by atoms with Gasteiger partial charge in [0.15, 0.2) is 0 Å². The van der Waals surface area contributed by atoms with E-state index in [0.29, 0.717) is 29.5 Å². The molecule has 0 amide bonds. The molecule has 3 nitrogen and oxygen atoms in total. The van der Waals surface area contributed by atoms with Gasteiger partial charge in [-0.3, -0.25) is 0 Å². The van der Waals surface area contributed by atoms with Gasteiger partial charge in [-0.1, -0.05) is 37.3 Å². The van der Waals surface area contributed by atoms with Crippen molar-refractivity contribution in [3.63, 3.8) is 0 Å². The number of alkyl halides is 3. The fraction of sp³-hybridized carbons (Fsp3) is 0.174. The number of hydrogen-bond acceptors (Lipinski definition) is 3. The highest BCUT2D eigenvalue weighted by Crippen LogP contribution is 2.36. The van der Waals surface area contributed by atoms with Crippen LogP contribution in [0.25, 0.3) is 0 Å². The first-order valence-corrected chi connectivity index (χ1v) is 9.02. The van der Waals surface area contributed by atoms with Crippen molar-refractivity contribution in [2.75, 3.05) is 7.11 Å². The maximum atomic E-state index is 13.6. The van der Waals surface area contributed by atoms with Crippen LogP contribution in [0.1, 0.15) is 39.9 Å². The van der Waals surface area contributed by atoms with E-state index in [1.807, 2.05) is 37.3 Å². The van der Waals surface area contributed by atoms with E-state index < -0.39 is 29.1 Å². The quantitative estimate of drug-likeness (QED) is 0.280. The lowest BCUT2D eigenvalue weighted by Crippen LogP contribution is -2.18. The maximum absolute atomic E-state index is 13.6. The molecular formula is C23H18F4O3. The molecule has 0 saturated heterocycles. The molecule has 1 unspecified atom stereocenters. The van der Waals surface area contributed by atoms with Crippen LogP contribution in [0.3, 0.4) is 0 Å². The minimum atomic E-state index is -4.83. The van der Waals surface area contributed by atoms with Crippen molar-refractivity contribution in [3.05, 3.63) is 94.8 Å². The van der Waals surface area contributed by atoms with E-state index in [1.54, 1.807) is 6.07 Å². The fourth-order valence-electron chi connectivity index (χ4n) is 3.09. The molecule has 7 heteroatoms. The van der Waals surface area contributed by atoms with Gasteiger partial charge in [0.05, 0.1) is 18.2 Å². The first-order valence-electron chi connectivity index (χ1n) is 9.02. The molecule has 0 saturated carbocycles. The number of carbonyl (C=O) groups excluding carboxylic acids is 1. The van der Waals surface area contributed by atoms with Gasteiger partial charge in [-0.2, -0.15) is 13.2 Å². The Bertz CT molecular complexity index is 1050. The molecule has 0 radical (unpaired) electrons. The third kappa shape index (κ3) is 4.62. The van der Waals surface area contributed by atoms with Crippen LogP contribution in [-0.4, -0.2) is 13.1 Å². The molecule has 3 rings (SSSR count). The van der Waals surface area contributed by atoms with Crippen LogP contribution >= 0.6 is 0 Å². The number of hydrogen-bond donors (Lipinski definition) is 0. The molecular weight excluding hydrogens is 400 g/mol. The van der Waals surface area contributed by atoms with Gasteiger partial charge in [-0.05, 0) is 42.0 Å². The average Bonchev–Trinajstić information content (AvgIpc) is 2.73. The highest BCUT2D eigenvalue weighted by Gasteiger charge is 2.36. The number of ether oxygens (including phenoxy) is 2. The smallest absolute Gasteiger partial charge is 0.417 e. The largest absolute Gasteiger partial charge is 0.497 e. The molecule has 0 aliphatic heterocycles. The predicted molar refractivity (Wildman–Crippen MR) is 103 cm³/mol. The highest BCUT2D eigenvalue weighted by atomic mass is 19.4. The van der Waals surface area contributed by atoms with E-state index >= 15 is 0 Å². The first-order chi connectivity index (χ1) is 14.2. The van der Waals surface area contributed by atoms with Crippen LogP contribution in [0, 0.1) is 5.82 Å². The van der Waals surface area contributed by atoms with Crippen molar-refractivity contribution in [1.82, 2.24) is 0 Å². The standard InChI is InChI=1S/C23H18F4O3/c1-14(15-6-4-3-5-7-15)18-13-17(29-2)9-11-21(18)30-22(28)19-12-16(24)8-10-20(19)23(25,26)27/h3-14H,1-2H3. The lowest BCUT2D eigenvalue weighted by atomic mass is 9.92. The Hall–Kier alpha value is -3.35. The summed E-state index contributed by atoms with van der Waals surface area (Å²) in [6.45, 7) is 1.87. The van der Waals surface area contributed by atoms with Crippen LogP contribution < -0.4 is 9.47 Å². The van der Waals surface area contributed by atoms with E-state index in [2.05, 4.69) is 0 Å². The van der Waals surface area contributed by atoms with Crippen molar-refractivity contribution in [2.45, 2.75) is 19.0 Å². The van der Waals surface area contributed by atoms with E-state index in [9.17, 15) is 22.4 Å². The summed E-state index contributed by atoms with van der Waals surface area (Å²) in [5.41, 5.74) is -0.708. The Morgan fingerprint density at radius 2 is 1.67 bits per heavy atom. The zero-order chi connectivity index (χ0) is 21.9. The van der Waals surface area contributed by atoms with Crippen LogP contribution in [0.2, 0.25) is 0 Å². The number of rotatable bonds is 5.